The van der Waals surface area contributed by atoms with Crippen molar-refractivity contribution < 1.29 is 4.84 Å². The zero-order valence-corrected chi connectivity index (χ0v) is 5.07. The van der Waals surface area contributed by atoms with Gasteiger partial charge in [0, 0.05) is 0 Å². The van der Waals surface area contributed by atoms with Crippen molar-refractivity contribution in [1.29, 1.82) is 0 Å². The number of halogens is 1. The molecule has 0 aromatic heterocycles. The summed E-state index contributed by atoms with van der Waals surface area (Å²) in [6, 6.07) is 0. The molecule has 3 heteroatoms. The number of hydrogen-bond acceptors (Lipinski definition) is 2. The summed E-state index contributed by atoms with van der Waals surface area (Å²) < 4.78 is 0. The van der Waals surface area contributed by atoms with Crippen LogP contribution in [0.1, 0.15) is 6.92 Å². The van der Waals surface area contributed by atoms with Gasteiger partial charge in [-0.15, -0.1) is 19.0 Å². The molecule has 0 radical (unpaired) electrons. The average molecular weight is 124 g/mol. The maximum atomic E-state index is 4.71. The molecule has 0 saturated heterocycles. The second kappa shape index (κ2) is 5.95. The molecule has 0 aliphatic heterocycles. The van der Waals surface area contributed by atoms with Crippen molar-refractivity contribution in [2.24, 2.45) is 5.90 Å². The van der Waals surface area contributed by atoms with E-state index in [0.717, 1.165) is 0 Å². The van der Waals surface area contributed by atoms with Gasteiger partial charge >= 0.3 is 0 Å². The van der Waals surface area contributed by atoms with E-state index in [0.29, 0.717) is 0 Å². The van der Waals surface area contributed by atoms with Crippen molar-refractivity contribution in [3.8, 4) is 0 Å². The lowest BCUT2D eigenvalue weighted by Crippen LogP contribution is -2.08. The van der Waals surface area contributed by atoms with Crippen LogP contribution in [0.2, 0.25) is 0 Å². The van der Waals surface area contributed by atoms with Crippen molar-refractivity contribution >= 4 is 12.4 Å². The average Bonchev–Trinajstić information content (AvgIpc) is 1.65. The van der Waals surface area contributed by atoms with Crippen LogP contribution >= 0.6 is 12.4 Å². The van der Waals surface area contributed by atoms with Crippen LogP contribution in [0.4, 0.5) is 0 Å². The predicted molar refractivity (Wildman–Crippen MR) is 32.2 cm³/mol. The summed E-state index contributed by atoms with van der Waals surface area (Å²) in [6.45, 7) is 5.24. The summed E-state index contributed by atoms with van der Waals surface area (Å²) in [4.78, 5) is 4.28. The van der Waals surface area contributed by atoms with Gasteiger partial charge in [-0.25, -0.2) is 5.90 Å². The summed E-state index contributed by atoms with van der Waals surface area (Å²) in [6.07, 6.45) is 1.60. The van der Waals surface area contributed by atoms with Gasteiger partial charge in [0.15, 0.2) is 0 Å². The van der Waals surface area contributed by atoms with E-state index < -0.39 is 0 Å². The van der Waals surface area contributed by atoms with Crippen LogP contribution in [-0.2, 0) is 4.84 Å². The highest BCUT2D eigenvalue weighted by molar-refractivity contribution is 5.85. The van der Waals surface area contributed by atoms with E-state index in [9.17, 15) is 0 Å². The van der Waals surface area contributed by atoms with E-state index in [4.69, 9.17) is 5.90 Å². The van der Waals surface area contributed by atoms with Gasteiger partial charge in [-0.1, -0.05) is 6.08 Å². The molecule has 0 amide bonds. The molecular weight excluding hydrogens is 114 g/mol. The van der Waals surface area contributed by atoms with Crippen molar-refractivity contribution in [2.45, 2.75) is 13.0 Å². The molecule has 1 atom stereocenters. The Morgan fingerprint density at radius 2 is 2.29 bits per heavy atom. The third kappa shape index (κ3) is 5.95. The zero-order chi connectivity index (χ0) is 4.99. The van der Waals surface area contributed by atoms with Gasteiger partial charge in [-0.2, -0.15) is 0 Å². The zero-order valence-electron chi connectivity index (χ0n) is 4.26. The Kier molecular flexibility index (Phi) is 8.54. The molecule has 0 spiro atoms. The number of rotatable bonds is 2. The lowest BCUT2D eigenvalue weighted by molar-refractivity contribution is 0.0997. The Morgan fingerprint density at radius 3 is 2.29 bits per heavy atom. The van der Waals surface area contributed by atoms with Gasteiger partial charge in [0.05, 0.1) is 6.10 Å². The Balaban J connectivity index is 0. The largest absolute Gasteiger partial charge is 0.297 e. The number of hydrogen-bond donors (Lipinski definition) is 1. The topological polar surface area (TPSA) is 35.2 Å². The normalized spacial score (nSPS) is 11.7. The van der Waals surface area contributed by atoms with Gasteiger partial charge in [0.25, 0.3) is 0 Å². The van der Waals surface area contributed by atoms with Crippen LogP contribution < -0.4 is 5.90 Å². The summed E-state index contributed by atoms with van der Waals surface area (Å²) in [5, 5.41) is 0. The molecule has 2 N–H and O–H groups in total. The Morgan fingerprint density at radius 1 is 1.86 bits per heavy atom. The molecule has 0 rings (SSSR count). The smallest absolute Gasteiger partial charge is 0.0937 e. The third-order valence-corrected chi connectivity index (χ3v) is 0.547. The van der Waals surface area contributed by atoms with E-state index in [-0.39, 0.29) is 18.5 Å². The molecule has 0 aliphatic carbocycles. The molecule has 44 valence electrons. The molecule has 0 fully saturated rings. The molecule has 0 bridgehead atoms. The molecular formula is C4H10ClNO. The van der Waals surface area contributed by atoms with Gasteiger partial charge < -0.3 is 0 Å². The fourth-order valence-electron chi connectivity index (χ4n) is 0.0556. The monoisotopic (exact) mass is 123 g/mol. The van der Waals surface area contributed by atoms with Crippen LogP contribution in [0.3, 0.4) is 0 Å². The van der Waals surface area contributed by atoms with E-state index in [1.807, 2.05) is 6.92 Å². The standard InChI is InChI=1S/C4H9NO.ClH/c1-3-4(2)6-5;/h3-4H,1,5H2,2H3;1H. The SMILES string of the molecule is C=CC(C)ON.Cl. The van der Waals surface area contributed by atoms with E-state index in [2.05, 4.69) is 11.4 Å². The molecule has 0 aliphatic rings. The van der Waals surface area contributed by atoms with Crippen LogP contribution in [0.25, 0.3) is 0 Å². The molecule has 1 unspecified atom stereocenters. The van der Waals surface area contributed by atoms with Crippen LogP contribution in [0.15, 0.2) is 12.7 Å². The first-order chi connectivity index (χ1) is 2.81. The minimum atomic E-state index is -0.0231. The summed E-state index contributed by atoms with van der Waals surface area (Å²) >= 11 is 0. The molecule has 2 nitrogen and oxygen atoms in total. The quantitative estimate of drug-likeness (QED) is 0.437. The van der Waals surface area contributed by atoms with Crippen LogP contribution in [-0.4, -0.2) is 6.10 Å². The summed E-state index contributed by atoms with van der Waals surface area (Å²) in [5.74, 6) is 4.71. The summed E-state index contributed by atoms with van der Waals surface area (Å²) in [7, 11) is 0. The maximum absolute atomic E-state index is 4.71. The Labute approximate surface area is 49.7 Å². The van der Waals surface area contributed by atoms with Crippen molar-refractivity contribution in [3.63, 3.8) is 0 Å². The highest BCUT2D eigenvalue weighted by atomic mass is 35.5. The van der Waals surface area contributed by atoms with E-state index in [1.54, 1.807) is 6.08 Å². The van der Waals surface area contributed by atoms with E-state index in [1.165, 1.54) is 0 Å². The highest BCUT2D eigenvalue weighted by Crippen LogP contribution is 1.80. The highest BCUT2D eigenvalue weighted by Gasteiger charge is 1.84. The second-order valence-corrected chi connectivity index (χ2v) is 1.08. The van der Waals surface area contributed by atoms with Crippen molar-refractivity contribution in [1.82, 2.24) is 0 Å². The van der Waals surface area contributed by atoms with Gasteiger partial charge in [0.1, 0.15) is 0 Å². The molecule has 0 aromatic carbocycles. The minimum Gasteiger partial charge on any atom is -0.297 e. The van der Waals surface area contributed by atoms with Crippen LogP contribution in [0, 0.1) is 0 Å². The maximum Gasteiger partial charge on any atom is 0.0937 e. The fourth-order valence-corrected chi connectivity index (χ4v) is 0.0556. The lowest BCUT2D eigenvalue weighted by atomic mass is 10.4. The summed E-state index contributed by atoms with van der Waals surface area (Å²) in [5.41, 5.74) is 0. The predicted octanol–water partition coefficient (Wildman–Crippen LogP) is 0.873. The molecule has 0 aromatic rings. The third-order valence-electron chi connectivity index (χ3n) is 0.547. The van der Waals surface area contributed by atoms with Gasteiger partial charge in [-0.3, -0.25) is 4.84 Å². The molecule has 7 heavy (non-hydrogen) atoms. The van der Waals surface area contributed by atoms with Crippen molar-refractivity contribution in [2.75, 3.05) is 0 Å². The van der Waals surface area contributed by atoms with E-state index >= 15 is 0 Å². The fraction of sp³-hybridized carbons (Fsp3) is 0.500. The first-order valence-corrected chi connectivity index (χ1v) is 1.79. The first-order valence-electron chi connectivity index (χ1n) is 1.79. The van der Waals surface area contributed by atoms with Crippen LogP contribution in [0.5, 0.6) is 0 Å². The Hall–Kier alpha value is -0.0500. The molecule has 0 saturated carbocycles. The second-order valence-electron chi connectivity index (χ2n) is 1.08. The molecule has 0 heterocycles. The van der Waals surface area contributed by atoms with Gasteiger partial charge in [-0.05, 0) is 6.92 Å². The Bertz CT molecular complexity index is 49.0. The minimum absolute atomic E-state index is 0. The lowest BCUT2D eigenvalue weighted by Gasteiger charge is -1.96. The van der Waals surface area contributed by atoms with Gasteiger partial charge in [0.2, 0.25) is 0 Å². The van der Waals surface area contributed by atoms with Crippen molar-refractivity contribution in [3.05, 3.63) is 12.7 Å². The first kappa shape index (κ1) is 10.0. The number of nitrogens with two attached hydrogens (primary N) is 1.